The number of nitrogens with one attached hydrogen (secondary N) is 1. The van der Waals surface area contributed by atoms with Crippen molar-refractivity contribution in [3.8, 4) is 5.75 Å². The molecule has 2 rings (SSSR count). The van der Waals surface area contributed by atoms with Gasteiger partial charge in [-0.15, -0.1) is 0 Å². The van der Waals surface area contributed by atoms with Crippen LogP contribution in [0.15, 0.2) is 22.7 Å². The summed E-state index contributed by atoms with van der Waals surface area (Å²) in [5.74, 6) is 0.611. The molecule has 1 fully saturated rings. The van der Waals surface area contributed by atoms with E-state index in [0.717, 1.165) is 4.47 Å². The molecule has 1 aliphatic heterocycles. The van der Waals surface area contributed by atoms with E-state index in [1.54, 1.807) is 18.2 Å². The number of benzene rings is 1. The molecular formula is C13H16BrNO4S. The smallest absolute Gasteiger partial charge is 0.255 e. The molecular weight excluding hydrogens is 346 g/mol. The van der Waals surface area contributed by atoms with Gasteiger partial charge >= 0.3 is 0 Å². The molecule has 1 atom stereocenters. The van der Waals surface area contributed by atoms with Crippen LogP contribution in [-0.4, -0.2) is 39.5 Å². The average Bonchev–Trinajstić information content (AvgIpc) is 2.75. The van der Waals surface area contributed by atoms with Crippen LogP contribution in [0, 0.1) is 5.92 Å². The number of hydrogen-bond donors (Lipinski definition) is 1. The lowest BCUT2D eigenvalue weighted by Crippen LogP contribution is -2.30. The summed E-state index contributed by atoms with van der Waals surface area (Å²) in [4.78, 5) is 12.1. The van der Waals surface area contributed by atoms with E-state index >= 15 is 0 Å². The third-order valence-corrected chi connectivity index (χ3v) is 5.62. The third kappa shape index (κ3) is 3.73. The fraction of sp³-hybridized carbons (Fsp3) is 0.462. The van der Waals surface area contributed by atoms with Crippen LogP contribution in [0.3, 0.4) is 0 Å². The van der Waals surface area contributed by atoms with Crippen LogP contribution < -0.4 is 10.1 Å². The maximum atomic E-state index is 12.1. The molecule has 20 heavy (non-hydrogen) atoms. The van der Waals surface area contributed by atoms with Crippen LogP contribution in [0.1, 0.15) is 16.8 Å². The van der Waals surface area contributed by atoms with Crippen molar-refractivity contribution in [3.05, 3.63) is 28.2 Å². The topological polar surface area (TPSA) is 72.5 Å². The Bertz CT molecular complexity index is 615. The Morgan fingerprint density at radius 3 is 2.85 bits per heavy atom. The quantitative estimate of drug-likeness (QED) is 0.884. The summed E-state index contributed by atoms with van der Waals surface area (Å²) in [6, 6.07) is 5.15. The number of hydrogen-bond acceptors (Lipinski definition) is 4. The monoisotopic (exact) mass is 361 g/mol. The van der Waals surface area contributed by atoms with Gasteiger partial charge in [-0.25, -0.2) is 8.42 Å². The van der Waals surface area contributed by atoms with Crippen molar-refractivity contribution in [1.29, 1.82) is 0 Å². The van der Waals surface area contributed by atoms with Gasteiger partial charge in [0.25, 0.3) is 5.91 Å². The van der Waals surface area contributed by atoms with Crippen LogP contribution >= 0.6 is 15.9 Å². The van der Waals surface area contributed by atoms with Crippen molar-refractivity contribution in [2.75, 3.05) is 25.2 Å². The maximum absolute atomic E-state index is 12.1. The molecule has 1 saturated heterocycles. The fourth-order valence-corrected chi connectivity index (χ4v) is 4.42. The summed E-state index contributed by atoms with van der Waals surface area (Å²) in [7, 11) is -1.41. The van der Waals surface area contributed by atoms with Gasteiger partial charge in [0.05, 0.1) is 24.2 Å². The minimum atomic E-state index is -2.91. The Kier molecular flexibility index (Phi) is 4.70. The van der Waals surface area contributed by atoms with Gasteiger partial charge in [-0.1, -0.05) is 15.9 Å². The highest BCUT2D eigenvalue weighted by molar-refractivity contribution is 9.10. The molecule has 0 aromatic heterocycles. The summed E-state index contributed by atoms with van der Waals surface area (Å²) in [5, 5.41) is 2.77. The second-order valence-corrected chi connectivity index (χ2v) is 7.97. The van der Waals surface area contributed by atoms with E-state index in [4.69, 9.17) is 4.74 Å². The molecule has 1 unspecified atom stereocenters. The first-order chi connectivity index (χ1) is 9.41. The molecule has 5 nitrogen and oxygen atoms in total. The number of rotatable bonds is 4. The molecule has 7 heteroatoms. The maximum Gasteiger partial charge on any atom is 0.255 e. The molecule has 1 aromatic carbocycles. The molecule has 0 spiro atoms. The van der Waals surface area contributed by atoms with Gasteiger partial charge in [0, 0.05) is 11.0 Å². The molecule has 0 aliphatic carbocycles. The van der Waals surface area contributed by atoms with E-state index in [9.17, 15) is 13.2 Å². The van der Waals surface area contributed by atoms with Crippen molar-refractivity contribution >= 4 is 31.7 Å². The van der Waals surface area contributed by atoms with Crippen molar-refractivity contribution in [2.24, 2.45) is 5.92 Å². The van der Waals surface area contributed by atoms with E-state index in [0.29, 0.717) is 24.3 Å². The Hall–Kier alpha value is -1.08. The Balaban J connectivity index is 1.99. The zero-order valence-electron chi connectivity index (χ0n) is 11.1. The first-order valence-electron chi connectivity index (χ1n) is 6.23. The lowest BCUT2D eigenvalue weighted by Gasteiger charge is -2.12. The Morgan fingerprint density at radius 2 is 2.25 bits per heavy atom. The van der Waals surface area contributed by atoms with Crippen LogP contribution in [-0.2, 0) is 9.84 Å². The molecule has 1 N–H and O–H groups in total. The minimum Gasteiger partial charge on any atom is -0.496 e. The molecule has 0 bridgehead atoms. The Morgan fingerprint density at radius 1 is 1.50 bits per heavy atom. The van der Waals surface area contributed by atoms with Crippen molar-refractivity contribution in [2.45, 2.75) is 6.42 Å². The molecule has 0 radical (unpaired) electrons. The number of sulfone groups is 1. The summed E-state index contributed by atoms with van der Waals surface area (Å²) < 4.78 is 28.7. The fourth-order valence-electron chi connectivity index (χ4n) is 2.22. The standard InChI is InChI=1S/C13H16BrNO4S/c1-19-12-6-10(14)2-3-11(12)13(16)15-7-9-4-5-20(17,18)8-9/h2-3,6,9H,4-5,7-8H2,1H3,(H,15,16). The number of halogens is 1. The van der Waals surface area contributed by atoms with E-state index in [1.165, 1.54) is 7.11 Å². The van der Waals surface area contributed by atoms with Crippen molar-refractivity contribution < 1.29 is 17.9 Å². The van der Waals surface area contributed by atoms with Crippen LogP contribution in [0.2, 0.25) is 0 Å². The molecule has 0 saturated carbocycles. The zero-order chi connectivity index (χ0) is 14.8. The number of methoxy groups -OCH3 is 1. The largest absolute Gasteiger partial charge is 0.496 e. The number of amides is 1. The molecule has 1 aromatic rings. The molecule has 110 valence electrons. The first-order valence-corrected chi connectivity index (χ1v) is 8.85. The summed E-state index contributed by atoms with van der Waals surface area (Å²) >= 11 is 3.31. The van der Waals surface area contributed by atoms with Gasteiger partial charge in [0.2, 0.25) is 0 Å². The second-order valence-electron chi connectivity index (χ2n) is 4.82. The number of carbonyl (C=O) groups excluding carboxylic acids is 1. The van der Waals surface area contributed by atoms with Gasteiger partial charge < -0.3 is 10.1 Å². The summed E-state index contributed by atoms with van der Waals surface area (Å²) in [6.45, 7) is 0.372. The molecule has 1 aliphatic rings. The number of carbonyl (C=O) groups is 1. The second kappa shape index (κ2) is 6.13. The number of ether oxygens (including phenoxy) is 1. The molecule has 1 heterocycles. The lowest BCUT2D eigenvalue weighted by atomic mass is 10.1. The van der Waals surface area contributed by atoms with Gasteiger partial charge in [-0.3, -0.25) is 4.79 Å². The van der Waals surface area contributed by atoms with E-state index in [-0.39, 0.29) is 23.3 Å². The van der Waals surface area contributed by atoms with Crippen LogP contribution in [0.25, 0.3) is 0 Å². The highest BCUT2D eigenvalue weighted by Crippen LogP contribution is 2.23. The molecule has 1 amide bonds. The first kappa shape index (κ1) is 15.3. The predicted molar refractivity (Wildman–Crippen MR) is 79.8 cm³/mol. The normalized spacial score (nSPS) is 20.6. The van der Waals surface area contributed by atoms with Gasteiger partial charge in [0.15, 0.2) is 9.84 Å². The van der Waals surface area contributed by atoms with E-state index in [2.05, 4.69) is 21.2 Å². The zero-order valence-corrected chi connectivity index (χ0v) is 13.5. The highest BCUT2D eigenvalue weighted by Gasteiger charge is 2.28. The average molecular weight is 362 g/mol. The summed E-state index contributed by atoms with van der Waals surface area (Å²) in [6.07, 6.45) is 0.611. The third-order valence-electron chi connectivity index (χ3n) is 3.29. The van der Waals surface area contributed by atoms with Gasteiger partial charge in [-0.2, -0.15) is 0 Å². The summed E-state index contributed by atoms with van der Waals surface area (Å²) in [5.41, 5.74) is 0.441. The van der Waals surface area contributed by atoms with Gasteiger partial charge in [0.1, 0.15) is 5.75 Å². The SMILES string of the molecule is COc1cc(Br)ccc1C(=O)NCC1CCS(=O)(=O)C1. The Labute approximate surface area is 126 Å². The van der Waals surface area contributed by atoms with E-state index in [1.807, 2.05) is 0 Å². The lowest BCUT2D eigenvalue weighted by molar-refractivity contribution is 0.0945. The van der Waals surface area contributed by atoms with E-state index < -0.39 is 9.84 Å². The predicted octanol–water partition coefficient (Wildman–Crippen LogP) is 1.62. The van der Waals surface area contributed by atoms with Crippen molar-refractivity contribution in [3.63, 3.8) is 0 Å². The minimum absolute atomic E-state index is 0.00499. The van der Waals surface area contributed by atoms with Crippen molar-refractivity contribution in [1.82, 2.24) is 5.32 Å². The highest BCUT2D eigenvalue weighted by atomic mass is 79.9. The van der Waals surface area contributed by atoms with Crippen LogP contribution in [0.5, 0.6) is 5.75 Å². The van der Waals surface area contributed by atoms with Gasteiger partial charge in [-0.05, 0) is 30.5 Å². The van der Waals surface area contributed by atoms with Crippen LogP contribution in [0.4, 0.5) is 0 Å².